The zero-order valence-electron chi connectivity index (χ0n) is 8.21. The van der Waals surface area contributed by atoms with Crippen LogP contribution >= 0.6 is 0 Å². The summed E-state index contributed by atoms with van der Waals surface area (Å²) in [7, 11) is 1.91. The van der Waals surface area contributed by atoms with E-state index in [0.29, 0.717) is 0 Å². The molecule has 0 atom stereocenters. The van der Waals surface area contributed by atoms with Crippen molar-refractivity contribution in [2.45, 2.75) is 19.9 Å². The first-order valence-corrected chi connectivity index (χ1v) is 4.59. The Hall–Kier alpha value is -1.09. The fraction of sp³-hybridized carbons (Fsp3) is 0.500. The summed E-state index contributed by atoms with van der Waals surface area (Å²) in [4.78, 5) is 4.17. The predicted molar refractivity (Wildman–Crippen MR) is 52.8 cm³/mol. The summed E-state index contributed by atoms with van der Waals surface area (Å²) in [6.07, 6.45) is 2.76. The summed E-state index contributed by atoms with van der Waals surface area (Å²) < 4.78 is 5.49. The highest BCUT2D eigenvalue weighted by atomic mass is 16.5. The van der Waals surface area contributed by atoms with Gasteiger partial charge in [-0.2, -0.15) is 0 Å². The van der Waals surface area contributed by atoms with Crippen LogP contribution in [0, 0.1) is 0 Å². The minimum Gasteiger partial charge on any atom is -0.477 e. The van der Waals surface area contributed by atoms with Crippen LogP contribution in [0.15, 0.2) is 18.3 Å². The Morgan fingerprint density at radius 3 is 3.08 bits per heavy atom. The fourth-order valence-electron chi connectivity index (χ4n) is 1.08. The van der Waals surface area contributed by atoms with E-state index in [1.165, 1.54) is 0 Å². The van der Waals surface area contributed by atoms with Crippen molar-refractivity contribution < 1.29 is 4.74 Å². The molecule has 0 radical (unpaired) electrons. The van der Waals surface area contributed by atoms with Crippen molar-refractivity contribution in [2.75, 3.05) is 13.7 Å². The van der Waals surface area contributed by atoms with E-state index in [1.807, 2.05) is 19.2 Å². The number of aromatic nitrogens is 1. The normalized spacial score (nSPS) is 10.0. The van der Waals surface area contributed by atoms with Gasteiger partial charge >= 0.3 is 0 Å². The average molecular weight is 180 g/mol. The molecule has 0 amide bonds. The number of nitrogens with one attached hydrogen (secondary N) is 1. The molecule has 1 aromatic heterocycles. The monoisotopic (exact) mass is 180 g/mol. The van der Waals surface area contributed by atoms with Crippen LogP contribution in [0.1, 0.15) is 18.9 Å². The van der Waals surface area contributed by atoms with Gasteiger partial charge in [-0.3, -0.25) is 0 Å². The lowest BCUT2D eigenvalue weighted by Crippen LogP contribution is -2.08. The van der Waals surface area contributed by atoms with Gasteiger partial charge in [0, 0.05) is 18.3 Å². The third kappa shape index (κ3) is 3.03. The zero-order chi connectivity index (χ0) is 9.52. The minimum atomic E-state index is 0.730. The third-order valence-corrected chi connectivity index (χ3v) is 1.66. The molecule has 1 N–H and O–H groups in total. The zero-order valence-corrected chi connectivity index (χ0v) is 8.21. The van der Waals surface area contributed by atoms with Gasteiger partial charge in [0.1, 0.15) is 0 Å². The van der Waals surface area contributed by atoms with E-state index >= 15 is 0 Å². The summed E-state index contributed by atoms with van der Waals surface area (Å²) in [5, 5.41) is 3.08. The van der Waals surface area contributed by atoms with Gasteiger partial charge in [0.05, 0.1) is 6.61 Å². The molecule has 0 aliphatic rings. The summed E-state index contributed by atoms with van der Waals surface area (Å²) in [6.45, 7) is 3.61. The molecule has 0 aromatic carbocycles. The third-order valence-electron chi connectivity index (χ3n) is 1.66. The molecule has 3 heteroatoms. The van der Waals surface area contributed by atoms with Gasteiger partial charge in [0.15, 0.2) is 0 Å². The molecule has 0 saturated carbocycles. The van der Waals surface area contributed by atoms with Crippen LogP contribution in [-0.4, -0.2) is 18.6 Å². The van der Waals surface area contributed by atoms with Crippen molar-refractivity contribution in [2.24, 2.45) is 0 Å². The van der Waals surface area contributed by atoms with Crippen molar-refractivity contribution >= 4 is 0 Å². The van der Waals surface area contributed by atoms with Gasteiger partial charge in [-0.15, -0.1) is 0 Å². The fourth-order valence-corrected chi connectivity index (χ4v) is 1.08. The van der Waals surface area contributed by atoms with Gasteiger partial charge in [0.2, 0.25) is 5.88 Å². The predicted octanol–water partition coefficient (Wildman–Crippen LogP) is 1.59. The first kappa shape index (κ1) is 9.99. The second-order valence-electron chi connectivity index (χ2n) is 2.85. The molecule has 0 aliphatic carbocycles. The molecule has 13 heavy (non-hydrogen) atoms. The van der Waals surface area contributed by atoms with Crippen molar-refractivity contribution in [1.82, 2.24) is 10.3 Å². The lowest BCUT2D eigenvalue weighted by molar-refractivity contribution is 0.301. The molecular weight excluding hydrogens is 164 g/mol. The van der Waals surface area contributed by atoms with Crippen LogP contribution in [0.4, 0.5) is 0 Å². The largest absolute Gasteiger partial charge is 0.477 e. The Morgan fingerprint density at radius 2 is 2.38 bits per heavy atom. The standard InChI is InChI=1S/C10H16N2O/c1-3-7-13-10-9(8-11-2)5-4-6-12-10/h4-6,11H,3,7-8H2,1-2H3. The summed E-state index contributed by atoms with van der Waals surface area (Å²) in [5.74, 6) is 0.749. The second kappa shape index (κ2) is 5.54. The van der Waals surface area contributed by atoms with Crippen molar-refractivity contribution in [1.29, 1.82) is 0 Å². The molecule has 1 aromatic rings. The highest BCUT2D eigenvalue weighted by Gasteiger charge is 2.01. The molecular formula is C10H16N2O. The average Bonchev–Trinajstić information content (AvgIpc) is 2.17. The Morgan fingerprint density at radius 1 is 1.54 bits per heavy atom. The SMILES string of the molecule is CCCOc1ncccc1CNC. The molecule has 0 bridgehead atoms. The van der Waals surface area contributed by atoms with Gasteiger partial charge in [-0.1, -0.05) is 13.0 Å². The summed E-state index contributed by atoms with van der Waals surface area (Å²) >= 11 is 0. The Bertz CT molecular complexity index is 250. The van der Waals surface area contributed by atoms with E-state index < -0.39 is 0 Å². The summed E-state index contributed by atoms with van der Waals surface area (Å²) in [6, 6.07) is 3.94. The molecule has 0 fully saturated rings. The van der Waals surface area contributed by atoms with Crippen LogP contribution in [0.3, 0.4) is 0 Å². The minimum absolute atomic E-state index is 0.730. The highest BCUT2D eigenvalue weighted by Crippen LogP contribution is 2.13. The topological polar surface area (TPSA) is 34.1 Å². The smallest absolute Gasteiger partial charge is 0.217 e. The van der Waals surface area contributed by atoms with Crippen LogP contribution in [-0.2, 0) is 6.54 Å². The van der Waals surface area contributed by atoms with E-state index in [4.69, 9.17) is 4.74 Å². The second-order valence-corrected chi connectivity index (χ2v) is 2.85. The van der Waals surface area contributed by atoms with E-state index in [0.717, 1.165) is 31.0 Å². The first-order chi connectivity index (χ1) is 6.38. The van der Waals surface area contributed by atoms with Crippen LogP contribution in [0.2, 0.25) is 0 Å². The van der Waals surface area contributed by atoms with Crippen LogP contribution in [0.25, 0.3) is 0 Å². The molecule has 1 rings (SSSR count). The van der Waals surface area contributed by atoms with Crippen molar-refractivity contribution in [3.8, 4) is 5.88 Å². The van der Waals surface area contributed by atoms with Crippen molar-refractivity contribution in [3.63, 3.8) is 0 Å². The Labute approximate surface area is 79.1 Å². The molecule has 3 nitrogen and oxygen atoms in total. The van der Waals surface area contributed by atoms with Gasteiger partial charge in [-0.05, 0) is 19.5 Å². The Balaban J connectivity index is 2.66. The molecule has 0 unspecified atom stereocenters. The number of pyridine rings is 1. The number of hydrogen-bond acceptors (Lipinski definition) is 3. The van der Waals surface area contributed by atoms with E-state index in [9.17, 15) is 0 Å². The van der Waals surface area contributed by atoms with Gasteiger partial charge in [0.25, 0.3) is 0 Å². The molecule has 0 spiro atoms. The maximum Gasteiger partial charge on any atom is 0.217 e. The number of rotatable bonds is 5. The number of ether oxygens (including phenoxy) is 1. The molecule has 72 valence electrons. The Kier molecular flexibility index (Phi) is 4.26. The highest BCUT2D eigenvalue weighted by molar-refractivity contribution is 5.25. The molecule has 0 aliphatic heterocycles. The number of hydrogen-bond donors (Lipinski definition) is 1. The molecule has 0 saturated heterocycles. The van der Waals surface area contributed by atoms with Crippen LogP contribution < -0.4 is 10.1 Å². The lowest BCUT2D eigenvalue weighted by atomic mass is 10.3. The van der Waals surface area contributed by atoms with Gasteiger partial charge in [-0.25, -0.2) is 4.98 Å². The maximum absolute atomic E-state index is 5.49. The molecule has 1 heterocycles. The van der Waals surface area contributed by atoms with Crippen LogP contribution in [0.5, 0.6) is 5.88 Å². The van der Waals surface area contributed by atoms with Crippen molar-refractivity contribution in [3.05, 3.63) is 23.9 Å². The lowest BCUT2D eigenvalue weighted by Gasteiger charge is -2.08. The summed E-state index contributed by atoms with van der Waals surface area (Å²) in [5.41, 5.74) is 1.11. The van der Waals surface area contributed by atoms with E-state index in [1.54, 1.807) is 6.20 Å². The first-order valence-electron chi connectivity index (χ1n) is 4.59. The maximum atomic E-state index is 5.49. The quantitative estimate of drug-likeness (QED) is 0.747. The van der Waals surface area contributed by atoms with Gasteiger partial charge < -0.3 is 10.1 Å². The van der Waals surface area contributed by atoms with E-state index in [2.05, 4.69) is 17.2 Å². The van der Waals surface area contributed by atoms with E-state index in [-0.39, 0.29) is 0 Å². The number of nitrogens with zero attached hydrogens (tertiary/aromatic N) is 1.